The third kappa shape index (κ3) is 2.79. The number of halogens is 1. The van der Waals surface area contributed by atoms with Crippen molar-refractivity contribution < 1.29 is 14.3 Å². The quantitative estimate of drug-likeness (QED) is 0.639. The number of nitrogens with zero attached hydrogens (tertiary/aromatic N) is 4. The number of phenols is 1. The van der Waals surface area contributed by atoms with Gasteiger partial charge in [0, 0.05) is 0 Å². The van der Waals surface area contributed by atoms with Crippen LogP contribution in [0.4, 0.5) is 4.39 Å². The van der Waals surface area contributed by atoms with Crippen molar-refractivity contribution >= 4 is 27.4 Å². The summed E-state index contributed by atoms with van der Waals surface area (Å²) in [5, 5.41) is 9.65. The standard InChI is InChI=1S/C20H14AsFN4O2/c1-26-18(28)20(25-19(26)21,12-2-5-14(27)6-3-12)13-4-7-16(22)15(10-13)17-11-23-8-9-24-17/h2-11,27H,1H3. The Labute approximate surface area is 169 Å². The molecule has 1 amide bonds. The number of benzene rings is 2. The predicted molar refractivity (Wildman–Crippen MR) is 102 cm³/mol. The van der Waals surface area contributed by atoms with Gasteiger partial charge in [-0.2, -0.15) is 0 Å². The molecule has 28 heavy (non-hydrogen) atoms. The van der Waals surface area contributed by atoms with Gasteiger partial charge in [-0.15, -0.1) is 0 Å². The number of carbonyl (C=O) groups is 1. The Balaban J connectivity index is 1.97. The summed E-state index contributed by atoms with van der Waals surface area (Å²) in [5.74, 6) is -0.667. The molecule has 1 aliphatic heterocycles. The molecule has 2 radical (unpaired) electrons. The zero-order valence-electron chi connectivity index (χ0n) is 14.7. The third-order valence-corrected chi connectivity index (χ3v) is 5.53. The molecule has 0 aliphatic carbocycles. The fraction of sp³-hybridized carbons (Fsp3) is 0.100. The molecule has 1 unspecified atom stereocenters. The normalized spacial score (nSPS) is 19.0. The first-order valence-corrected chi connectivity index (χ1v) is 9.30. The van der Waals surface area contributed by atoms with Gasteiger partial charge in [-0.05, 0) is 0 Å². The number of aromatic hydroxyl groups is 1. The predicted octanol–water partition coefficient (Wildman–Crippen LogP) is 2.23. The van der Waals surface area contributed by atoms with Gasteiger partial charge in [-0.1, -0.05) is 0 Å². The fourth-order valence-electron chi connectivity index (χ4n) is 3.24. The summed E-state index contributed by atoms with van der Waals surface area (Å²) >= 11 is 2.27. The van der Waals surface area contributed by atoms with Crippen LogP contribution < -0.4 is 0 Å². The number of hydrogen-bond acceptors (Lipinski definition) is 5. The van der Waals surface area contributed by atoms with Crippen molar-refractivity contribution in [3.8, 4) is 17.0 Å². The van der Waals surface area contributed by atoms with E-state index in [1.807, 2.05) is 0 Å². The summed E-state index contributed by atoms with van der Waals surface area (Å²) in [6.07, 6.45) is 4.44. The van der Waals surface area contributed by atoms with Gasteiger partial charge in [0.1, 0.15) is 0 Å². The molecule has 3 aromatic rings. The Morgan fingerprint density at radius 1 is 1.11 bits per heavy atom. The van der Waals surface area contributed by atoms with E-state index in [0.717, 1.165) is 0 Å². The average Bonchev–Trinajstić information content (AvgIpc) is 2.94. The number of aliphatic imine (C=N–C) groups is 1. The van der Waals surface area contributed by atoms with Crippen molar-refractivity contribution in [2.75, 3.05) is 7.05 Å². The van der Waals surface area contributed by atoms with E-state index in [4.69, 9.17) is 0 Å². The molecule has 1 aromatic heterocycles. The van der Waals surface area contributed by atoms with Crippen molar-refractivity contribution in [3.05, 3.63) is 78.0 Å². The minimum absolute atomic E-state index is 0.0774. The Morgan fingerprint density at radius 2 is 1.82 bits per heavy atom. The molecule has 1 aliphatic rings. The Morgan fingerprint density at radius 3 is 2.43 bits per heavy atom. The second-order valence-electron chi connectivity index (χ2n) is 6.32. The second-order valence-corrected chi connectivity index (χ2v) is 7.16. The van der Waals surface area contributed by atoms with Crippen molar-refractivity contribution in [3.63, 3.8) is 0 Å². The average molecular weight is 436 g/mol. The van der Waals surface area contributed by atoms with Crippen LogP contribution in [0.15, 0.2) is 66.0 Å². The molecule has 0 saturated heterocycles. The summed E-state index contributed by atoms with van der Waals surface area (Å²) in [5.41, 5.74) is 0.277. The third-order valence-electron chi connectivity index (χ3n) is 4.69. The number of aromatic nitrogens is 2. The maximum atomic E-state index is 14.5. The molecule has 1 N–H and O–H groups in total. The second kappa shape index (κ2) is 6.84. The summed E-state index contributed by atoms with van der Waals surface area (Å²) < 4.78 is 15.0. The first-order valence-electron chi connectivity index (χ1n) is 8.36. The van der Waals surface area contributed by atoms with E-state index in [-0.39, 0.29) is 17.2 Å². The van der Waals surface area contributed by atoms with Gasteiger partial charge in [0.15, 0.2) is 0 Å². The van der Waals surface area contributed by atoms with Crippen LogP contribution in [-0.4, -0.2) is 54.4 Å². The summed E-state index contributed by atoms with van der Waals surface area (Å²) in [4.78, 5) is 27.5. The number of hydrogen-bond donors (Lipinski definition) is 1. The van der Waals surface area contributed by atoms with Crippen LogP contribution in [0.5, 0.6) is 5.75 Å². The molecule has 4 rings (SSSR count). The molecule has 0 fully saturated rings. The molecule has 8 heteroatoms. The van der Waals surface area contributed by atoms with E-state index in [1.54, 1.807) is 31.3 Å². The molecule has 1 atom stereocenters. The zero-order chi connectivity index (χ0) is 19.9. The van der Waals surface area contributed by atoms with E-state index >= 15 is 0 Å². The monoisotopic (exact) mass is 436 g/mol. The SMILES string of the molecule is CN1C(=O)C(c2ccc(O)cc2)(c2ccc(F)c(-c3cnccn3)c2)N=C1[As]. The number of amidine groups is 1. The van der Waals surface area contributed by atoms with Gasteiger partial charge < -0.3 is 0 Å². The van der Waals surface area contributed by atoms with Crippen molar-refractivity contribution in [1.29, 1.82) is 0 Å². The molecule has 0 spiro atoms. The number of rotatable bonds is 3. The molecular weight excluding hydrogens is 422 g/mol. The van der Waals surface area contributed by atoms with Gasteiger partial charge in [0.2, 0.25) is 0 Å². The van der Waals surface area contributed by atoms with E-state index in [0.29, 0.717) is 21.4 Å². The van der Waals surface area contributed by atoms with Gasteiger partial charge in [-0.25, -0.2) is 0 Å². The van der Waals surface area contributed by atoms with Crippen LogP contribution in [0, 0.1) is 5.82 Å². The van der Waals surface area contributed by atoms with Crippen LogP contribution in [-0.2, 0) is 10.3 Å². The van der Waals surface area contributed by atoms with Crippen molar-refractivity contribution in [2.45, 2.75) is 5.54 Å². The van der Waals surface area contributed by atoms with Crippen molar-refractivity contribution in [2.24, 2.45) is 4.99 Å². The fourth-order valence-corrected chi connectivity index (χ4v) is 3.74. The Bertz CT molecular complexity index is 1090. The van der Waals surface area contributed by atoms with Crippen LogP contribution in [0.25, 0.3) is 11.3 Å². The first-order chi connectivity index (χ1) is 13.4. The van der Waals surface area contributed by atoms with E-state index < -0.39 is 11.4 Å². The van der Waals surface area contributed by atoms with Crippen LogP contribution in [0.1, 0.15) is 11.1 Å². The number of phenolic OH excluding ortho intramolecular Hbond substituents is 1. The van der Waals surface area contributed by atoms with E-state index in [1.165, 1.54) is 41.7 Å². The summed E-state index contributed by atoms with van der Waals surface area (Å²) in [7, 11) is 1.63. The first kappa shape index (κ1) is 18.3. The number of amides is 1. The molecule has 138 valence electrons. The number of likely N-dealkylation sites (N-methyl/N-ethyl adjacent to an activating group) is 1. The van der Waals surface area contributed by atoms with E-state index in [2.05, 4.69) is 31.8 Å². The maximum absolute atomic E-state index is 14.5. The number of carbonyl (C=O) groups excluding carboxylic acids is 1. The van der Waals surface area contributed by atoms with Crippen LogP contribution in [0.3, 0.4) is 0 Å². The van der Waals surface area contributed by atoms with E-state index in [9.17, 15) is 14.3 Å². The zero-order valence-corrected chi connectivity index (χ0v) is 16.6. The summed E-state index contributed by atoms with van der Waals surface area (Å²) in [6.45, 7) is 0. The van der Waals surface area contributed by atoms with Crippen LogP contribution >= 0.6 is 0 Å². The molecule has 2 aromatic carbocycles. The summed E-state index contributed by atoms with van der Waals surface area (Å²) in [6, 6.07) is 10.7. The van der Waals surface area contributed by atoms with Crippen molar-refractivity contribution in [1.82, 2.24) is 14.9 Å². The molecule has 0 bridgehead atoms. The van der Waals surface area contributed by atoms with Crippen LogP contribution in [0.2, 0.25) is 0 Å². The van der Waals surface area contributed by atoms with Gasteiger partial charge >= 0.3 is 169 Å². The van der Waals surface area contributed by atoms with Gasteiger partial charge in [0.05, 0.1) is 0 Å². The molecule has 0 saturated carbocycles. The Hall–Kier alpha value is -3.05. The molecule has 6 nitrogen and oxygen atoms in total. The minimum atomic E-state index is -1.38. The van der Waals surface area contributed by atoms with Gasteiger partial charge in [-0.3, -0.25) is 0 Å². The molecule has 2 heterocycles. The van der Waals surface area contributed by atoms with Gasteiger partial charge in [0.25, 0.3) is 0 Å². The topological polar surface area (TPSA) is 78.7 Å². The Kier molecular flexibility index (Phi) is 4.47. The molecular formula is C20H14AsFN4O2.